The summed E-state index contributed by atoms with van der Waals surface area (Å²) in [5, 5.41) is 6.39. The molecular weight excluding hydrogens is 427 g/mol. The van der Waals surface area contributed by atoms with Gasteiger partial charge in [-0.15, -0.1) is 24.0 Å². The lowest BCUT2D eigenvalue weighted by Crippen LogP contribution is -2.55. The molecule has 1 fully saturated rings. The molecule has 0 aromatic heterocycles. The average Bonchev–Trinajstić information content (AvgIpc) is 2.51. The van der Waals surface area contributed by atoms with E-state index in [4.69, 9.17) is 0 Å². The Labute approximate surface area is 158 Å². The molecule has 6 nitrogen and oxygen atoms in total. The number of hydrogen-bond acceptors (Lipinski definition) is 4. The normalized spacial score (nSPS) is 17.5. The van der Waals surface area contributed by atoms with Crippen LogP contribution < -0.4 is 10.6 Å². The Bertz CT molecular complexity index is 460. The summed E-state index contributed by atoms with van der Waals surface area (Å²) in [7, 11) is -1.23. The first-order valence-corrected chi connectivity index (χ1v) is 10.0. The maximum absolute atomic E-state index is 11.5. The van der Waals surface area contributed by atoms with Crippen molar-refractivity contribution in [3.63, 3.8) is 0 Å². The van der Waals surface area contributed by atoms with Crippen LogP contribution in [-0.2, 0) is 9.84 Å². The van der Waals surface area contributed by atoms with Crippen molar-refractivity contribution in [2.45, 2.75) is 45.6 Å². The van der Waals surface area contributed by atoms with Gasteiger partial charge in [0.05, 0.1) is 5.75 Å². The van der Waals surface area contributed by atoms with Gasteiger partial charge in [-0.3, -0.25) is 9.89 Å². The van der Waals surface area contributed by atoms with E-state index in [1.54, 1.807) is 14.0 Å². The number of aliphatic imine (C=N–C) groups is 1. The van der Waals surface area contributed by atoms with Gasteiger partial charge in [0, 0.05) is 31.4 Å². The molecular formula is C15H33IN4O2S. The largest absolute Gasteiger partial charge is 0.355 e. The van der Waals surface area contributed by atoms with E-state index in [1.165, 1.54) is 19.3 Å². The molecule has 1 aliphatic heterocycles. The summed E-state index contributed by atoms with van der Waals surface area (Å²) < 4.78 is 23.0. The first-order valence-electron chi connectivity index (χ1n) is 8.21. The van der Waals surface area contributed by atoms with Crippen LogP contribution in [0.25, 0.3) is 0 Å². The molecule has 8 heteroatoms. The molecule has 1 heterocycles. The van der Waals surface area contributed by atoms with Crippen molar-refractivity contribution in [2.24, 2.45) is 4.99 Å². The van der Waals surface area contributed by atoms with Gasteiger partial charge in [0.15, 0.2) is 15.8 Å². The van der Waals surface area contributed by atoms with E-state index in [-0.39, 0.29) is 41.0 Å². The van der Waals surface area contributed by atoms with Gasteiger partial charge in [0.2, 0.25) is 0 Å². The van der Waals surface area contributed by atoms with Crippen molar-refractivity contribution in [2.75, 3.05) is 44.7 Å². The zero-order valence-corrected chi connectivity index (χ0v) is 18.0. The quantitative estimate of drug-likeness (QED) is 0.342. The number of rotatable bonds is 7. The van der Waals surface area contributed by atoms with Crippen molar-refractivity contribution < 1.29 is 8.42 Å². The third kappa shape index (κ3) is 8.53. The Morgan fingerprint density at radius 1 is 1.17 bits per heavy atom. The summed E-state index contributed by atoms with van der Waals surface area (Å²) in [5.74, 6) is 0.985. The molecule has 1 aliphatic rings. The fourth-order valence-electron chi connectivity index (χ4n) is 2.60. The van der Waals surface area contributed by atoms with E-state index >= 15 is 0 Å². The highest BCUT2D eigenvalue weighted by molar-refractivity contribution is 14.0. The van der Waals surface area contributed by atoms with Gasteiger partial charge in [-0.25, -0.2) is 8.42 Å². The number of piperidine rings is 1. The fraction of sp³-hybridized carbons (Fsp3) is 0.933. The molecule has 0 radical (unpaired) electrons. The summed E-state index contributed by atoms with van der Waals surface area (Å²) in [6.07, 6.45) is 3.87. The minimum absolute atomic E-state index is 0. The van der Waals surface area contributed by atoms with Crippen LogP contribution in [0.2, 0.25) is 0 Å². The van der Waals surface area contributed by atoms with Crippen LogP contribution in [0, 0.1) is 0 Å². The van der Waals surface area contributed by atoms with Gasteiger partial charge < -0.3 is 10.6 Å². The molecule has 0 spiro atoms. The summed E-state index contributed by atoms with van der Waals surface area (Å²) in [5.41, 5.74) is 0.0630. The fourth-order valence-corrected chi connectivity index (χ4v) is 3.30. The third-order valence-electron chi connectivity index (χ3n) is 4.27. The van der Waals surface area contributed by atoms with Crippen molar-refractivity contribution in [3.8, 4) is 0 Å². The third-order valence-corrected chi connectivity index (χ3v) is 5.98. The minimum Gasteiger partial charge on any atom is -0.355 e. The van der Waals surface area contributed by atoms with E-state index in [9.17, 15) is 8.42 Å². The van der Waals surface area contributed by atoms with Crippen LogP contribution in [0.5, 0.6) is 0 Å². The number of halogens is 1. The van der Waals surface area contributed by atoms with Crippen LogP contribution >= 0.6 is 24.0 Å². The Hall–Kier alpha value is -0.0900. The van der Waals surface area contributed by atoms with E-state index in [1.807, 2.05) is 0 Å². The van der Waals surface area contributed by atoms with Crippen molar-refractivity contribution in [1.82, 2.24) is 15.5 Å². The highest BCUT2D eigenvalue weighted by Crippen LogP contribution is 2.19. The first kappa shape index (κ1) is 22.9. The van der Waals surface area contributed by atoms with Gasteiger partial charge in [-0.1, -0.05) is 13.3 Å². The Kier molecular flexibility index (Phi) is 10.7. The minimum atomic E-state index is -2.94. The molecule has 0 saturated carbocycles. The van der Waals surface area contributed by atoms with Crippen molar-refractivity contribution in [1.29, 1.82) is 0 Å². The van der Waals surface area contributed by atoms with Crippen LogP contribution in [0.3, 0.4) is 0 Å². The molecule has 1 saturated heterocycles. The standard InChI is InChI=1S/C15H32N4O2S.HI/c1-5-22(20,21)12-9-17-14(16-4)18-13-15(2,3)19-10-7-6-8-11-19;/h5-13H2,1-4H3,(H2,16,17,18);1H. The second-order valence-electron chi connectivity index (χ2n) is 6.45. The van der Waals surface area contributed by atoms with Gasteiger partial charge in [-0.2, -0.15) is 0 Å². The van der Waals surface area contributed by atoms with E-state index in [0.717, 1.165) is 19.6 Å². The van der Waals surface area contributed by atoms with Gasteiger partial charge in [0.1, 0.15) is 0 Å². The van der Waals surface area contributed by atoms with Gasteiger partial charge >= 0.3 is 0 Å². The molecule has 23 heavy (non-hydrogen) atoms. The zero-order chi connectivity index (χ0) is 16.6. The summed E-state index contributed by atoms with van der Waals surface area (Å²) in [4.78, 5) is 6.67. The molecule has 0 aromatic carbocycles. The molecule has 0 atom stereocenters. The SMILES string of the molecule is CCS(=O)(=O)CCNC(=NC)NCC(C)(C)N1CCCCC1.I. The van der Waals surface area contributed by atoms with E-state index < -0.39 is 9.84 Å². The van der Waals surface area contributed by atoms with E-state index in [2.05, 4.69) is 34.4 Å². The average molecular weight is 460 g/mol. The number of nitrogens with one attached hydrogen (secondary N) is 2. The highest BCUT2D eigenvalue weighted by Gasteiger charge is 2.27. The lowest BCUT2D eigenvalue weighted by molar-refractivity contribution is 0.0982. The number of nitrogens with zero attached hydrogens (tertiary/aromatic N) is 2. The second kappa shape index (κ2) is 10.7. The Morgan fingerprint density at radius 3 is 2.30 bits per heavy atom. The lowest BCUT2D eigenvalue weighted by Gasteiger charge is -2.41. The van der Waals surface area contributed by atoms with Crippen LogP contribution in [0.15, 0.2) is 4.99 Å². The Balaban J connectivity index is 0.00000484. The molecule has 0 unspecified atom stereocenters. The number of guanidine groups is 1. The van der Waals surface area contributed by atoms with Gasteiger partial charge in [-0.05, 0) is 39.8 Å². The molecule has 0 amide bonds. The summed E-state index contributed by atoms with van der Waals surface area (Å²) >= 11 is 0. The number of hydrogen-bond donors (Lipinski definition) is 2. The van der Waals surface area contributed by atoms with E-state index in [0.29, 0.717) is 12.5 Å². The maximum Gasteiger partial charge on any atom is 0.191 e. The monoisotopic (exact) mass is 460 g/mol. The van der Waals surface area contributed by atoms with Crippen LogP contribution in [0.4, 0.5) is 0 Å². The van der Waals surface area contributed by atoms with Gasteiger partial charge in [0.25, 0.3) is 0 Å². The lowest BCUT2D eigenvalue weighted by atomic mass is 9.98. The molecule has 2 N–H and O–H groups in total. The summed E-state index contributed by atoms with van der Waals surface area (Å²) in [6, 6.07) is 0. The molecule has 1 rings (SSSR count). The number of likely N-dealkylation sites (tertiary alicyclic amines) is 1. The number of sulfone groups is 1. The van der Waals surface area contributed by atoms with Crippen molar-refractivity contribution in [3.05, 3.63) is 0 Å². The van der Waals surface area contributed by atoms with Crippen LogP contribution in [-0.4, -0.2) is 69.5 Å². The highest BCUT2D eigenvalue weighted by atomic mass is 127. The van der Waals surface area contributed by atoms with Crippen molar-refractivity contribution >= 4 is 39.8 Å². The molecule has 0 aromatic rings. The zero-order valence-electron chi connectivity index (χ0n) is 14.9. The molecule has 0 bridgehead atoms. The smallest absolute Gasteiger partial charge is 0.191 e. The maximum atomic E-state index is 11.5. The summed E-state index contributed by atoms with van der Waals surface area (Å²) in [6.45, 7) is 9.61. The van der Waals surface area contributed by atoms with Crippen LogP contribution in [0.1, 0.15) is 40.0 Å². The molecule has 0 aliphatic carbocycles. The topological polar surface area (TPSA) is 73.8 Å². The second-order valence-corrected chi connectivity index (χ2v) is 8.92. The predicted octanol–water partition coefficient (Wildman–Crippen LogP) is 1.47. The Morgan fingerprint density at radius 2 is 1.78 bits per heavy atom. The molecule has 138 valence electrons. The predicted molar refractivity (Wildman–Crippen MR) is 109 cm³/mol. The first-order chi connectivity index (χ1) is 10.3.